The van der Waals surface area contributed by atoms with Gasteiger partial charge in [0, 0.05) is 6.20 Å². The minimum Gasteiger partial charge on any atom is -0.461 e. The first-order chi connectivity index (χ1) is 6.24. The van der Waals surface area contributed by atoms with Gasteiger partial charge in [0.1, 0.15) is 5.69 Å². The molecule has 0 amide bonds. The Morgan fingerprint density at radius 3 is 3.00 bits per heavy atom. The highest BCUT2D eigenvalue weighted by Crippen LogP contribution is 2.01. The number of pyridine rings is 1. The Hall–Kier alpha value is -1.38. The molecule has 0 bridgehead atoms. The van der Waals surface area contributed by atoms with E-state index < -0.39 is 0 Å². The van der Waals surface area contributed by atoms with Gasteiger partial charge in [-0.05, 0) is 31.0 Å². The zero-order chi connectivity index (χ0) is 9.68. The molecule has 0 N–H and O–H groups in total. The van der Waals surface area contributed by atoms with E-state index >= 15 is 0 Å². The second-order valence-corrected chi connectivity index (χ2v) is 2.85. The van der Waals surface area contributed by atoms with Gasteiger partial charge in [0.25, 0.3) is 0 Å². The third-order valence-corrected chi connectivity index (χ3v) is 1.56. The summed E-state index contributed by atoms with van der Waals surface area (Å²) in [6.07, 6.45) is 2.44. The van der Waals surface area contributed by atoms with Crippen molar-refractivity contribution in [3.05, 3.63) is 29.6 Å². The van der Waals surface area contributed by atoms with Crippen molar-refractivity contribution in [3.8, 4) is 0 Å². The predicted octanol–water partition coefficient (Wildman–Crippen LogP) is 1.96. The lowest BCUT2D eigenvalue weighted by Gasteiger charge is -2.02. The first-order valence-corrected chi connectivity index (χ1v) is 4.34. The first-order valence-electron chi connectivity index (χ1n) is 4.34. The fraction of sp³-hybridized carbons (Fsp3) is 0.400. The molecule has 70 valence electrons. The highest BCUT2D eigenvalue weighted by Gasteiger charge is 2.07. The fourth-order valence-electron chi connectivity index (χ4n) is 0.917. The van der Waals surface area contributed by atoms with Crippen LogP contribution < -0.4 is 0 Å². The maximum atomic E-state index is 11.3. The van der Waals surface area contributed by atoms with Crippen LogP contribution in [0.15, 0.2) is 18.3 Å². The van der Waals surface area contributed by atoms with Crippen LogP contribution in [0.4, 0.5) is 0 Å². The summed E-state index contributed by atoms with van der Waals surface area (Å²) in [5.41, 5.74) is 1.40. The topological polar surface area (TPSA) is 39.2 Å². The number of ether oxygens (including phenoxy) is 1. The standard InChI is InChI=1S/C10H13NO2/c1-3-6-13-10(12)9-7-8(2)4-5-11-9/h4-5,7H,3,6H2,1-2H3. The molecule has 0 unspecified atom stereocenters. The van der Waals surface area contributed by atoms with Crippen LogP contribution in [-0.2, 0) is 4.74 Å². The fourth-order valence-corrected chi connectivity index (χ4v) is 0.917. The molecule has 13 heavy (non-hydrogen) atoms. The third kappa shape index (κ3) is 2.86. The van der Waals surface area contributed by atoms with Gasteiger partial charge < -0.3 is 4.74 Å². The van der Waals surface area contributed by atoms with E-state index in [1.807, 2.05) is 19.9 Å². The summed E-state index contributed by atoms with van der Waals surface area (Å²) in [4.78, 5) is 15.2. The molecule has 0 saturated heterocycles. The molecule has 1 heterocycles. The number of nitrogens with zero attached hydrogens (tertiary/aromatic N) is 1. The normalized spacial score (nSPS) is 9.69. The molecule has 3 heteroatoms. The molecule has 0 aromatic carbocycles. The van der Waals surface area contributed by atoms with Crippen molar-refractivity contribution < 1.29 is 9.53 Å². The molecule has 0 atom stereocenters. The smallest absolute Gasteiger partial charge is 0.356 e. The van der Waals surface area contributed by atoms with Gasteiger partial charge in [-0.25, -0.2) is 9.78 Å². The summed E-state index contributed by atoms with van der Waals surface area (Å²) in [5.74, 6) is -0.342. The first kappa shape index (κ1) is 9.71. The largest absolute Gasteiger partial charge is 0.461 e. The molecule has 0 aliphatic rings. The van der Waals surface area contributed by atoms with Crippen molar-refractivity contribution in [1.82, 2.24) is 4.98 Å². The van der Waals surface area contributed by atoms with E-state index in [9.17, 15) is 4.79 Å². The molecule has 0 aliphatic heterocycles. The number of carbonyl (C=O) groups excluding carboxylic acids is 1. The Morgan fingerprint density at radius 1 is 1.62 bits per heavy atom. The number of hydrogen-bond donors (Lipinski definition) is 0. The van der Waals surface area contributed by atoms with Crippen molar-refractivity contribution in [2.24, 2.45) is 0 Å². The van der Waals surface area contributed by atoms with Crippen LogP contribution in [0.2, 0.25) is 0 Å². The van der Waals surface area contributed by atoms with E-state index in [4.69, 9.17) is 4.74 Å². The van der Waals surface area contributed by atoms with Gasteiger partial charge in [-0.15, -0.1) is 0 Å². The Balaban J connectivity index is 2.66. The van der Waals surface area contributed by atoms with Gasteiger partial charge in [0.2, 0.25) is 0 Å². The number of esters is 1. The SMILES string of the molecule is CCCOC(=O)c1cc(C)ccn1. The van der Waals surface area contributed by atoms with E-state index in [2.05, 4.69) is 4.98 Å². The van der Waals surface area contributed by atoms with Gasteiger partial charge in [-0.2, -0.15) is 0 Å². The molecular formula is C10H13NO2. The maximum Gasteiger partial charge on any atom is 0.356 e. The zero-order valence-electron chi connectivity index (χ0n) is 7.91. The summed E-state index contributed by atoms with van der Waals surface area (Å²) in [6, 6.07) is 3.56. The van der Waals surface area contributed by atoms with Crippen LogP contribution >= 0.6 is 0 Å². The van der Waals surface area contributed by atoms with Gasteiger partial charge >= 0.3 is 5.97 Å². The average molecular weight is 179 g/mol. The highest BCUT2D eigenvalue weighted by molar-refractivity contribution is 5.87. The molecule has 0 radical (unpaired) electrons. The number of carbonyl (C=O) groups is 1. The lowest BCUT2D eigenvalue weighted by molar-refractivity contribution is 0.0498. The minimum atomic E-state index is -0.342. The molecule has 0 aliphatic carbocycles. The van der Waals surface area contributed by atoms with Crippen LogP contribution in [0.5, 0.6) is 0 Å². The summed E-state index contributed by atoms with van der Waals surface area (Å²) in [6.45, 7) is 4.32. The molecule has 0 fully saturated rings. The van der Waals surface area contributed by atoms with E-state index in [0.29, 0.717) is 12.3 Å². The van der Waals surface area contributed by atoms with Crippen LogP contribution in [-0.4, -0.2) is 17.6 Å². The van der Waals surface area contributed by atoms with Gasteiger partial charge in [-0.1, -0.05) is 6.92 Å². The molecule has 1 aromatic rings. The molecular weight excluding hydrogens is 166 g/mol. The quantitative estimate of drug-likeness (QED) is 0.666. The Labute approximate surface area is 77.8 Å². The molecule has 1 rings (SSSR count). The summed E-state index contributed by atoms with van der Waals surface area (Å²) >= 11 is 0. The van der Waals surface area contributed by atoms with Gasteiger partial charge in [0.05, 0.1) is 6.61 Å². The van der Waals surface area contributed by atoms with Crippen LogP contribution in [0.1, 0.15) is 29.4 Å². The second kappa shape index (κ2) is 4.60. The van der Waals surface area contributed by atoms with Crippen molar-refractivity contribution in [1.29, 1.82) is 0 Å². The number of rotatable bonds is 3. The van der Waals surface area contributed by atoms with Gasteiger partial charge in [-0.3, -0.25) is 0 Å². The average Bonchev–Trinajstić information content (AvgIpc) is 2.14. The Bertz CT molecular complexity index is 297. The summed E-state index contributed by atoms with van der Waals surface area (Å²) in [7, 11) is 0. The minimum absolute atomic E-state index is 0.342. The van der Waals surface area contributed by atoms with Gasteiger partial charge in [0.15, 0.2) is 0 Å². The van der Waals surface area contributed by atoms with E-state index in [1.165, 1.54) is 0 Å². The molecule has 0 saturated carbocycles. The number of aromatic nitrogens is 1. The van der Waals surface area contributed by atoms with E-state index in [0.717, 1.165) is 12.0 Å². The Kier molecular flexibility index (Phi) is 3.43. The van der Waals surface area contributed by atoms with Crippen LogP contribution in [0, 0.1) is 6.92 Å². The van der Waals surface area contributed by atoms with E-state index in [1.54, 1.807) is 12.3 Å². The number of hydrogen-bond acceptors (Lipinski definition) is 3. The Morgan fingerprint density at radius 2 is 2.38 bits per heavy atom. The van der Waals surface area contributed by atoms with E-state index in [-0.39, 0.29) is 5.97 Å². The van der Waals surface area contributed by atoms with Crippen molar-refractivity contribution in [2.45, 2.75) is 20.3 Å². The van der Waals surface area contributed by atoms with Crippen LogP contribution in [0.3, 0.4) is 0 Å². The van der Waals surface area contributed by atoms with Crippen molar-refractivity contribution >= 4 is 5.97 Å². The second-order valence-electron chi connectivity index (χ2n) is 2.85. The lowest BCUT2D eigenvalue weighted by atomic mass is 10.2. The third-order valence-electron chi connectivity index (χ3n) is 1.56. The summed E-state index contributed by atoms with van der Waals surface area (Å²) < 4.78 is 4.93. The van der Waals surface area contributed by atoms with Crippen molar-refractivity contribution in [3.63, 3.8) is 0 Å². The maximum absolute atomic E-state index is 11.3. The zero-order valence-corrected chi connectivity index (χ0v) is 7.91. The highest BCUT2D eigenvalue weighted by atomic mass is 16.5. The molecule has 0 spiro atoms. The monoisotopic (exact) mass is 179 g/mol. The summed E-state index contributed by atoms with van der Waals surface area (Å²) in [5, 5.41) is 0. The molecule has 3 nitrogen and oxygen atoms in total. The predicted molar refractivity (Wildman–Crippen MR) is 49.5 cm³/mol. The van der Waals surface area contributed by atoms with Crippen molar-refractivity contribution in [2.75, 3.05) is 6.61 Å². The lowest BCUT2D eigenvalue weighted by Crippen LogP contribution is -2.07. The molecule has 1 aromatic heterocycles. The van der Waals surface area contributed by atoms with Crippen LogP contribution in [0.25, 0.3) is 0 Å². The number of aryl methyl sites for hydroxylation is 1.